The van der Waals surface area contributed by atoms with Gasteiger partial charge in [0.05, 0.1) is 23.1 Å². The Labute approximate surface area is 105 Å². The van der Waals surface area contributed by atoms with Gasteiger partial charge in [0.1, 0.15) is 17.5 Å². The van der Waals surface area contributed by atoms with Gasteiger partial charge in [-0.1, -0.05) is 0 Å². The summed E-state index contributed by atoms with van der Waals surface area (Å²) < 4.78 is 2.06. The van der Waals surface area contributed by atoms with Crippen LogP contribution < -0.4 is 11.5 Å². The van der Waals surface area contributed by atoms with Gasteiger partial charge in [-0.15, -0.1) is 0 Å². The molecule has 5 heteroatoms. The molecule has 0 amide bonds. The van der Waals surface area contributed by atoms with Crippen LogP contribution in [0.25, 0.3) is 10.9 Å². The lowest BCUT2D eigenvalue weighted by atomic mass is 10.0. The zero-order valence-electron chi connectivity index (χ0n) is 10.6. The van der Waals surface area contributed by atoms with E-state index < -0.39 is 0 Å². The summed E-state index contributed by atoms with van der Waals surface area (Å²) in [5.74, 6) is 0.254. The number of aromatic nitrogens is 1. The highest BCUT2D eigenvalue weighted by Gasteiger charge is 2.30. The van der Waals surface area contributed by atoms with Crippen molar-refractivity contribution in [3.63, 3.8) is 0 Å². The number of aryl methyl sites for hydroxylation is 1. The highest BCUT2D eigenvalue weighted by atomic mass is 16.3. The molecule has 0 saturated carbocycles. The predicted octanol–water partition coefficient (Wildman–Crippen LogP) is 0.418. The van der Waals surface area contributed by atoms with Crippen molar-refractivity contribution < 1.29 is 15.9 Å². The summed E-state index contributed by atoms with van der Waals surface area (Å²) in [6.07, 6.45) is 0.873. The van der Waals surface area contributed by atoms with Crippen LogP contribution in [0.3, 0.4) is 0 Å². The van der Waals surface area contributed by atoms with E-state index in [1.165, 1.54) is 0 Å². The predicted molar refractivity (Wildman–Crippen MR) is 69.5 cm³/mol. The van der Waals surface area contributed by atoms with Crippen LogP contribution in [0, 0.1) is 13.8 Å². The van der Waals surface area contributed by atoms with Crippen molar-refractivity contribution in [1.29, 1.82) is 0 Å². The molecule has 0 bridgehead atoms. The van der Waals surface area contributed by atoms with Crippen molar-refractivity contribution in [2.24, 2.45) is 0 Å². The third-order valence-electron chi connectivity index (χ3n) is 4.04. The molecule has 0 saturated heterocycles. The summed E-state index contributed by atoms with van der Waals surface area (Å²) in [4.78, 5) is 0. The Bertz CT molecular complexity index is 673. The molecular weight excluding hydrogens is 230 g/mol. The SMILES string of the molecule is Cc1c(N)c(O)c2c(C)c3n(c2c1O)C[C@H]([NH3+])C3. The van der Waals surface area contributed by atoms with Crippen LogP contribution in [-0.4, -0.2) is 20.8 Å². The van der Waals surface area contributed by atoms with Gasteiger partial charge in [-0.2, -0.15) is 0 Å². The molecule has 1 aromatic carbocycles. The third-order valence-corrected chi connectivity index (χ3v) is 4.04. The molecule has 2 heterocycles. The number of benzene rings is 1. The largest absolute Gasteiger partial charge is 0.505 e. The Morgan fingerprint density at radius 2 is 1.89 bits per heavy atom. The molecule has 0 unspecified atom stereocenters. The summed E-state index contributed by atoms with van der Waals surface area (Å²) in [5.41, 5.74) is 13.5. The third kappa shape index (κ3) is 1.14. The summed E-state index contributed by atoms with van der Waals surface area (Å²) in [6, 6.07) is 0.322. The second kappa shape index (κ2) is 3.32. The standard InChI is InChI=1S/C13H17N3O2/c1-5-8-3-7(14)4-16(8)11-9(5)13(18)10(15)6(2)12(11)17/h7,17-18H,3-4,14-15H2,1-2H3/p+1/t7-/m1/s1. The maximum atomic E-state index is 10.3. The molecule has 1 atom stereocenters. The Kier molecular flexibility index (Phi) is 2.07. The van der Waals surface area contributed by atoms with Crippen molar-refractivity contribution in [2.75, 3.05) is 5.73 Å². The van der Waals surface area contributed by atoms with Crippen LogP contribution in [-0.2, 0) is 13.0 Å². The summed E-state index contributed by atoms with van der Waals surface area (Å²) in [6.45, 7) is 4.45. The number of quaternary nitrogens is 1. The zero-order chi connectivity index (χ0) is 13.2. The molecule has 18 heavy (non-hydrogen) atoms. The first-order chi connectivity index (χ1) is 8.43. The molecule has 3 rings (SSSR count). The quantitative estimate of drug-likeness (QED) is 0.309. The topological polar surface area (TPSA) is 99.0 Å². The second-order valence-electron chi connectivity index (χ2n) is 5.21. The van der Waals surface area contributed by atoms with Gasteiger partial charge in [-0.05, 0) is 19.4 Å². The lowest BCUT2D eigenvalue weighted by molar-refractivity contribution is -0.418. The molecule has 0 radical (unpaired) electrons. The van der Waals surface area contributed by atoms with E-state index in [-0.39, 0.29) is 17.2 Å². The first-order valence-electron chi connectivity index (χ1n) is 6.08. The molecule has 7 N–H and O–H groups in total. The number of phenols is 2. The summed E-state index contributed by atoms with van der Waals surface area (Å²) in [5, 5.41) is 21.2. The number of phenolic OH excluding ortho intramolecular Hbond substituents is 2. The lowest BCUT2D eigenvalue weighted by Gasteiger charge is -2.11. The fourth-order valence-electron chi connectivity index (χ4n) is 3.01. The maximum Gasteiger partial charge on any atom is 0.148 e. The van der Waals surface area contributed by atoms with Crippen molar-refractivity contribution in [3.8, 4) is 11.5 Å². The average molecular weight is 248 g/mol. The normalized spacial score (nSPS) is 18.5. The molecular formula is C13H18N3O2+. The van der Waals surface area contributed by atoms with Gasteiger partial charge in [0.2, 0.25) is 0 Å². The van der Waals surface area contributed by atoms with Crippen LogP contribution in [0.5, 0.6) is 11.5 Å². The number of fused-ring (bicyclic) bond motifs is 3. The fourth-order valence-corrected chi connectivity index (χ4v) is 3.01. The van der Waals surface area contributed by atoms with E-state index in [1.54, 1.807) is 6.92 Å². The second-order valence-corrected chi connectivity index (χ2v) is 5.21. The van der Waals surface area contributed by atoms with E-state index in [9.17, 15) is 10.2 Å². The average Bonchev–Trinajstić information content (AvgIpc) is 2.81. The highest BCUT2D eigenvalue weighted by Crippen LogP contribution is 2.45. The molecule has 96 valence electrons. The summed E-state index contributed by atoms with van der Waals surface area (Å²) in [7, 11) is 0. The smallest absolute Gasteiger partial charge is 0.148 e. The minimum absolute atomic E-state index is 0.0836. The first kappa shape index (κ1) is 11.2. The number of aromatic hydroxyl groups is 2. The van der Waals surface area contributed by atoms with Gasteiger partial charge in [0.15, 0.2) is 0 Å². The Balaban J connectivity index is 2.51. The molecule has 0 aliphatic carbocycles. The number of anilines is 1. The molecule has 1 aliphatic rings. The monoisotopic (exact) mass is 248 g/mol. The van der Waals surface area contributed by atoms with Gasteiger partial charge in [0, 0.05) is 17.7 Å². The van der Waals surface area contributed by atoms with Crippen LogP contribution in [0.2, 0.25) is 0 Å². The number of nitrogen functional groups attached to an aromatic ring is 1. The Morgan fingerprint density at radius 3 is 2.56 bits per heavy atom. The zero-order valence-corrected chi connectivity index (χ0v) is 10.6. The minimum Gasteiger partial charge on any atom is -0.505 e. The molecule has 2 aromatic rings. The number of hydrogen-bond donors (Lipinski definition) is 4. The Morgan fingerprint density at radius 1 is 1.22 bits per heavy atom. The summed E-state index contributed by atoms with van der Waals surface area (Å²) >= 11 is 0. The first-order valence-corrected chi connectivity index (χ1v) is 6.08. The van der Waals surface area contributed by atoms with E-state index in [1.807, 2.05) is 6.92 Å². The van der Waals surface area contributed by atoms with Gasteiger partial charge < -0.3 is 26.2 Å². The van der Waals surface area contributed by atoms with Gasteiger partial charge in [-0.25, -0.2) is 0 Å². The van der Waals surface area contributed by atoms with E-state index in [0.717, 1.165) is 24.2 Å². The van der Waals surface area contributed by atoms with Crippen molar-refractivity contribution in [3.05, 3.63) is 16.8 Å². The number of nitrogens with zero attached hydrogens (tertiary/aromatic N) is 1. The Hall–Kier alpha value is -1.88. The van der Waals surface area contributed by atoms with Gasteiger partial charge in [-0.3, -0.25) is 0 Å². The molecule has 5 nitrogen and oxygen atoms in total. The van der Waals surface area contributed by atoms with E-state index in [4.69, 9.17) is 5.73 Å². The molecule has 0 fully saturated rings. The van der Waals surface area contributed by atoms with Crippen LogP contribution in [0.1, 0.15) is 16.8 Å². The van der Waals surface area contributed by atoms with Crippen molar-refractivity contribution in [2.45, 2.75) is 32.9 Å². The van der Waals surface area contributed by atoms with Crippen LogP contribution in [0.4, 0.5) is 5.69 Å². The minimum atomic E-state index is 0.0836. The van der Waals surface area contributed by atoms with Crippen molar-refractivity contribution in [1.82, 2.24) is 4.57 Å². The number of rotatable bonds is 0. The maximum absolute atomic E-state index is 10.3. The number of hydrogen-bond acceptors (Lipinski definition) is 3. The molecule has 1 aliphatic heterocycles. The van der Waals surface area contributed by atoms with E-state index >= 15 is 0 Å². The highest BCUT2D eigenvalue weighted by molar-refractivity contribution is 6.00. The lowest BCUT2D eigenvalue weighted by Crippen LogP contribution is -2.61. The van der Waals surface area contributed by atoms with E-state index in [2.05, 4.69) is 10.3 Å². The van der Waals surface area contributed by atoms with Crippen LogP contribution in [0.15, 0.2) is 0 Å². The number of nitrogens with two attached hydrogens (primary N) is 1. The fraction of sp³-hybridized carbons (Fsp3) is 0.385. The molecule has 0 spiro atoms. The van der Waals surface area contributed by atoms with Gasteiger partial charge in [0.25, 0.3) is 0 Å². The van der Waals surface area contributed by atoms with E-state index in [0.29, 0.717) is 22.5 Å². The van der Waals surface area contributed by atoms with Crippen molar-refractivity contribution >= 4 is 16.6 Å². The van der Waals surface area contributed by atoms with Gasteiger partial charge >= 0.3 is 0 Å². The van der Waals surface area contributed by atoms with Crippen LogP contribution >= 0.6 is 0 Å². The molecule has 1 aromatic heterocycles.